The normalized spacial score (nSPS) is 10.2. The highest BCUT2D eigenvalue weighted by Gasteiger charge is 2.24. The molecule has 3 N–H and O–H groups in total. The van der Waals surface area contributed by atoms with Crippen LogP contribution in [0, 0.1) is 0 Å². The van der Waals surface area contributed by atoms with Crippen molar-refractivity contribution in [2.45, 2.75) is 0 Å². The van der Waals surface area contributed by atoms with Gasteiger partial charge in [-0.3, -0.25) is 0 Å². The summed E-state index contributed by atoms with van der Waals surface area (Å²) in [5, 5.41) is -1.58. The van der Waals surface area contributed by atoms with Crippen LogP contribution in [0.25, 0.3) is 0 Å². The Morgan fingerprint density at radius 1 is 1.54 bits per heavy atom. The Hall–Kier alpha value is -1.57. The van der Waals surface area contributed by atoms with Crippen LogP contribution in [0.2, 0.25) is 0 Å². The second kappa shape index (κ2) is 4.45. The molecule has 0 atom stereocenters. The molecule has 0 heterocycles. The fraction of sp³-hybridized carbons (Fsp3) is 0.200. The first-order valence-corrected chi connectivity index (χ1v) is 4.48. The minimum absolute atomic E-state index is 0.265. The minimum atomic E-state index is -4.47. The number of urea groups is 1. The molecule has 0 saturated heterocycles. The lowest BCUT2D eigenvalue weighted by molar-refractivity contribution is 0.184. The maximum Gasteiger partial charge on any atom is 0.445 e. The average Bonchev–Trinajstić information content (AvgIpc) is 1.97. The van der Waals surface area contributed by atoms with Gasteiger partial charge in [0, 0.05) is 0 Å². The third-order valence-corrected chi connectivity index (χ3v) is 1.80. The van der Waals surface area contributed by atoms with E-state index in [1.165, 1.54) is 10.8 Å². The van der Waals surface area contributed by atoms with Crippen molar-refractivity contribution in [2.75, 3.05) is 6.61 Å². The summed E-state index contributed by atoms with van der Waals surface area (Å²) in [4.78, 5) is 20.7. The van der Waals surface area contributed by atoms with E-state index in [-0.39, 0.29) is 6.61 Å². The number of hydrogen-bond donors (Lipinski definition) is 2. The molecule has 0 aliphatic carbocycles. The third-order valence-electron chi connectivity index (χ3n) is 0.773. The second-order valence-electron chi connectivity index (χ2n) is 1.82. The van der Waals surface area contributed by atoms with E-state index in [1.807, 2.05) is 0 Å². The van der Waals surface area contributed by atoms with E-state index in [0.29, 0.717) is 0 Å². The first-order chi connectivity index (χ1) is 5.90. The molecule has 7 nitrogen and oxygen atoms in total. The van der Waals surface area contributed by atoms with Gasteiger partial charge in [-0.2, -0.15) is 8.42 Å². The Labute approximate surface area is 74.6 Å². The van der Waals surface area contributed by atoms with Crippen molar-refractivity contribution in [2.24, 2.45) is 5.73 Å². The summed E-state index contributed by atoms with van der Waals surface area (Å²) in [6.07, 6.45) is 1.18. The van der Waals surface area contributed by atoms with E-state index in [1.54, 1.807) is 0 Å². The molecule has 0 fully saturated rings. The van der Waals surface area contributed by atoms with Gasteiger partial charge in [0.25, 0.3) is 0 Å². The van der Waals surface area contributed by atoms with Crippen LogP contribution >= 0.6 is 0 Å². The Kier molecular flexibility index (Phi) is 3.92. The Balaban J connectivity index is 4.37. The summed E-state index contributed by atoms with van der Waals surface area (Å²) in [5.41, 5.74) is 4.49. The standard InChI is InChI=1S/C5H8N2O5S/c1-2-3-12-5(9)13(10,11)7-4(6)8/h2H,1,3H2,(H3,6,7,8). The molecule has 0 saturated carbocycles. The molecule has 0 aromatic heterocycles. The molecule has 74 valence electrons. The quantitative estimate of drug-likeness (QED) is 0.460. The lowest BCUT2D eigenvalue weighted by Crippen LogP contribution is -2.39. The zero-order valence-corrected chi connectivity index (χ0v) is 7.33. The van der Waals surface area contributed by atoms with E-state index in [2.05, 4.69) is 17.0 Å². The molecule has 0 rings (SSSR count). The average molecular weight is 208 g/mol. The zero-order chi connectivity index (χ0) is 10.5. The molecule has 0 unspecified atom stereocenters. The fourth-order valence-electron chi connectivity index (χ4n) is 0.379. The summed E-state index contributed by atoms with van der Waals surface area (Å²) in [7, 11) is -4.47. The molecular weight excluding hydrogens is 200 g/mol. The highest BCUT2D eigenvalue weighted by molar-refractivity contribution is 8.04. The molecule has 0 aliphatic heterocycles. The van der Waals surface area contributed by atoms with Crippen molar-refractivity contribution in [1.82, 2.24) is 4.72 Å². The van der Waals surface area contributed by atoms with E-state index in [4.69, 9.17) is 0 Å². The smallest absolute Gasteiger partial charge is 0.445 e. The second-order valence-corrected chi connectivity index (χ2v) is 3.36. The summed E-state index contributed by atoms with van der Waals surface area (Å²) in [6.45, 7) is 2.93. The van der Waals surface area contributed by atoms with Gasteiger partial charge >= 0.3 is 21.4 Å². The lowest BCUT2D eigenvalue weighted by atomic mass is 10.7. The number of primary amides is 1. The molecule has 0 aromatic rings. The highest BCUT2D eigenvalue weighted by atomic mass is 32.2. The number of amides is 2. The van der Waals surface area contributed by atoms with Gasteiger partial charge in [-0.25, -0.2) is 14.3 Å². The lowest BCUT2D eigenvalue weighted by Gasteiger charge is -2.02. The molecule has 0 aliphatic rings. The Bertz CT molecular complexity index is 320. The number of carbonyl (C=O) groups is 2. The number of nitrogens with two attached hydrogens (primary N) is 1. The van der Waals surface area contributed by atoms with Crippen molar-refractivity contribution in [3.8, 4) is 0 Å². The van der Waals surface area contributed by atoms with Gasteiger partial charge < -0.3 is 10.5 Å². The van der Waals surface area contributed by atoms with Crippen LogP contribution in [0.4, 0.5) is 9.59 Å². The predicted molar refractivity (Wildman–Crippen MR) is 43.2 cm³/mol. The van der Waals surface area contributed by atoms with Gasteiger partial charge in [-0.1, -0.05) is 12.7 Å². The van der Waals surface area contributed by atoms with Crippen molar-refractivity contribution in [3.63, 3.8) is 0 Å². The van der Waals surface area contributed by atoms with Crippen LogP contribution in [0.1, 0.15) is 0 Å². The summed E-state index contributed by atoms with van der Waals surface area (Å²) in [6, 6.07) is -1.35. The fourth-order valence-corrected chi connectivity index (χ4v) is 0.950. The number of nitrogens with one attached hydrogen (secondary N) is 1. The summed E-state index contributed by atoms with van der Waals surface area (Å²) in [5.74, 6) is 0. The van der Waals surface area contributed by atoms with Crippen molar-refractivity contribution in [3.05, 3.63) is 12.7 Å². The third kappa shape index (κ3) is 4.11. The number of carbonyl (C=O) groups excluding carboxylic acids is 2. The molecule has 0 bridgehead atoms. The van der Waals surface area contributed by atoms with Crippen LogP contribution in [0.3, 0.4) is 0 Å². The molecule has 13 heavy (non-hydrogen) atoms. The van der Waals surface area contributed by atoms with E-state index in [9.17, 15) is 18.0 Å². The number of rotatable bonds is 2. The van der Waals surface area contributed by atoms with Crippen molar-refractivity contribution < 1.29 is 22.7 Å². The van der Waals surface area contributed by atoms with Crippen molar-refractivity contribution in [1.29, 1.82) is 0 Å². The maximum atomic E-state index is 10.7. The van der Waals surface area contributed by atoms with Crippen LogP contribution in [0.15, 0.2) is 12.7 Å². The SMILES string of the molecule is C=CCOC(=O)S(=O)(=O)NC(N)=O. The molecular formula is C5H8N2O5S. The highest BCUT2D eigenvalue weighted by Crippen LogP contribution is 1.91. The monoisotopic (exact) mass is 208 g/mol. The molecule has 8 heteroatoms. The van der Waals surface area contributed by atoms with Crippen LogP contribution in [-0.2, 0) is 14.8 Å². The van der Waals surface area contributed by atoms with Crippen LogP contribution < -0.4 is 10.5 Å². The Morgan fingerprint density at radius 2 is 2.08 bits per heavy atom. The largest absolute Gasteiger partial charge is 0.449 e. The number of ether oxygens (including phenoxy) is 1. The van der Waals surface area contributed by atoms with Gasteiger partial charge in [0.2, 0.25) is 0 Å². The van der Waals surface area contributed by atoms with Gasteiger partial charge in [-0.05, 0) is 0 Å². The van der Waals surface area contributed by atoms with Gasteiger partial charge in [0.15, 0.2) is 0 Å². The van der Waals surface area contributed by atoms with Crippen LogP contribution in [-0.4, -0.2) is 26.4 Å². The van der Waals surface area contributed by atoms with Crippen LogP contribution in [0.5, 0.6) is 0 Å². The number of hydrogen-bond acceptors (Lipinski definition) is 5. The van der Waals surface area contributed by atoms with Gasteiger partial charge in [0.05, 0.1) is 0 Å². The van der Waals surface area contributed by atoms with E-state index < -0.39 is 21.4 Å². The zero-order valence-electron chi connectivity index (χ0n) is 6.52. The minimum Gasteiger partial charge on any atom is -0.449 e. The molecule has 0 radical (unpaired) electrons. The molecule has 0 spiro atoms. The van der Waals surface area contributed by atoms with E-state index >= 15 is 0 Å². The number of sulfonamides is 1. The first kappa shape index (κ1) is 11.4. The van der Waals surface area contributed by atoms with Gasteiger partial charge in [0.1, 0.15) is 6.61 Å². The Morgan fingerprint density at radius 3 is 2.46 bits per heavy atom. The first-order valence-electron chi connectivity index (χ1n) is 3.00. The molecule has 2 amide bonds. The maximum absolute atomic E-state index is 10.7. The van der Waals surface area contributed by atoms with E-state index in [0.717, 1.165) is 0 Å². The summed E-state index contributed by atoms with van der Waals surface area (Å²) >= 11 is 0. The summed E-state index contributed by atoms with van der Waals surface area (Å²) < 4.78 is 26.8. The molecule has 0 aromatic carbocycles. The van der Waals surface area contributed by atoms with Gasteiger partial charge in [-0.15, -0.1) is 0 Å². The topological polar surface area (TPSA) is 116 Å². The predicted octanol–water partition coefficient (Wildman–Crippen LogP) is -0.693. The van der Waals surface area contributed by atoms with Crippen molar-refractivity contribution >= 4 is 21.4 Å².